The second-order valence-electron chi connectivity index (χ2n) is 7.42. The van der Waals surface area contributed by atoms with Gasteiger partial charge in [0.25, 0.3) is 5.91 Å². The highest BCUT2D eigenvalue weighted by atomic mass is 35.5. The number of Topliss-reactive ketones (excluding diaryl/α,β-unsaturated/α-hetero) is 1. The molecule has 0 bridgehead atoms. The first-order valence-corrected chi connectivity index (χ1v) is 11.3. The molecule has 166 valence electrons. The van der Waals surface area contributed by atoms with Crippen molar-refractivity contribution in [2.75, 3.05) is 31.5 Å². The van der Waals surface area contributed by atoms with Crippen molar-refractivity contribution >= 4 is 45.6 Å². The standard InChI is InChI=1S/C22H21ClFN5O2S/c1-14(30)15-11-16(26-19(12-15)27-22-25-5-10-32-22)13-28-6-8-29(9-7-28)21(31)17-3-2-4-18(23)20(17)24/h2-5,10-12H,6-9,13H2,1H3,(H,25,26,27). The molecule has 0 unspecified atom stereocenters. The molecular formula is C22H21ClFN5O2S. The van der Waals surface area contributed by atoms with Crippen LogP contribution in [0.2, 0.25) is 5.02 Å². The number of nitrogens with zero attached hydrogens (tertiary/aromatic N) is 4. The number of nitrogens with one attached hydrogen (secondary N) is 1. The van der Waals surface area contributed by atoms with Crippen LogP contribution in [0.1, 0.15) is 33.3 Å². The predicted octanol–water partition coefficient (Wildman–Crippen LogP) is 4.23. The Balaban J connectivity index is 1.42. The van der Waals surface area contributed by atoms with Gasteiger partial charge in [0.15, 0.2) is 16.7 Å². The Labute approximate surface area is 193 Å². The second kappa shape index (κ2) is 9.72. The minimum atomic E-state index is -0.688. The van der Waals surface area contributed by atoms with Gasteiger partial charge in [0.1, 0.15) is 5.82 Å². The van der Waals surface area contributed by atoms with Crippen LogP contribution in [0.15, 0.2) is 41.9 Å². The Morgan fingerprint density at radius 1 is 1.22 bits per heavy atom. The lowest BCUT2D eigenvalue weighted by Gasteiger charge is -2.34. The number of thiazole rings is 1. The molecule has 0 radical (unpaired) electrons. The highest BCUT2D eigenvalue weighted by molar-refractivity contribution is 7.13. The minimum Gasteiger partial charge on any atom is -0.336 e. The molecule has 1 amide bonds. The maximum atomic E-state index is 14.2. The first kappa shape index (κ1) is 22.3. The second-order valence-corrected chi connectivity index (χ2v) is 8.72. The van der Waals surface area contributed by atoms with E-state index in [2.05, 4.69) is 20.2 Å². The van der Waals surface area contributed by atoms with Crippen molar-refractivity contribution < 1.29 is 14.0 Å². The van der Waals surface area contributed by atoms with E-state index in [0.29, 0.717) is 49.2 Å². The third kappa shape index (κ3) is 5.12. The number of hydrogen-bond donors (Lipinski definition) is 1. The summed E-state index contributed by atoms with van der Waals surface area (Å²) in [5, 5.41) is 5.63. The normalized spacial score (nSPS) is 14.4. The number of carbonyl (C=O) groups excluding carboxylic acids is 2. The predicted molar refractivity (Wildman–Crippen MR) is 122 cm³/mol. The van der Waals surface area contributed by atoms with Gasteiger partial charge in [-0.05, 0) is 31.2 Å². The Kier molecular flexibility index (Phi) is 6.78. The number of ketones is 1. The van der Waals surface area contributed by atoms with Crippen molar-refractivity contribution in [1.82, 2.24) is 19.8 Å². The van der Waals surface area contributed by atoms with E-state index in [1.54, 1.807) is 29.3 Å². The molecular weight excluding hydrogens is 453 g/mol. The molecule has 4 rings (SSSR count). The zero-order chi connectivity index (χ0) is 22.7. The number of aromatic nitrogens is 2. The minimum absolute atomic E-state index is 0.0142. The summed E-state index contributed by atoms with van der Waals surface area (Å²) in [6.07, 6.45) is 1.69. The Morgan fingerprint density at radius 3 is 2.69 bits per heavy atom. The quantitative estimate of drug-likeness (QED) is 0.540. The number of anilines is 2. The van der Waals surface area contributed by atoms with Crippen molar-refractivity contribution in [2.24, 2.45) is 0 Å². The largest absolute Gasteiger partial charge is 0.336 e. The van der Waals surface area contributed by atoms with Gasteiger partial charge in [-0.3, -0.25) is 14.5 Å². The van der Waals surface area contributed by atoms with E-state index in [1.807, 2.05) is 5.38 Å². The van der Waals surface area contributed by atoms with Gasteiger partial charge in [0, 0.05) is 49.9 Å². The van der Waals surface area contributed by atoms with Gasteiger partial charge in [0.2, 0.25) is 0 Å². The maximum Gasteiger partial charge on any atom is 0.256 e. The van der Waals surface area contributed by atoms with Crippen molar-refractivity contribution in [3.63, 3.8) is 0 Å². The molecule has 32 heavy (non-hydrogen) atoms. The van der Waals surface area contributed by atoms with E-state index in [9.17, 15) is 14.0 Å². The van der Waals surface area contributed by atoms with E-state index >= 15 is 0 Å². The van der Waals surface area contributed by atoms with Gasteiger partial charge in [-0.1, -0.05) is 17.7 Å². The Morgan fingerprint density at radius 2 is 2.00 bits per heavy atom. The molecule has 1 saturated heterocycles. The van der Waals surface area contributed by atoms with Crippen LogP contribution in [0.3, 0.4) is 0 Å². The van der Waals surface area contributed by atoms with Gasteiger partial charge in [0.05, 0.1) is 16.3 Å². The number of pyridine rings is 1. The SMILES string of the molecule is CC(=O)c1cc(CN2CCN(C(=O)c3cccc(Cl)c3F)CC2)nc(Nc2nccs2)c1. The molecule has 0 atom stereocenters. The Bertz CT molecular complexity index is 1130. The molecule has 0 spiro atoms. The Hall–Kier alpha value is -2.88. The van der Waals surface area contributed by atoms with E-state index in [4.69, 9.17) is 11.6 Å². The lowest BCUT2D eigenvalue weighted by Crippen LogP contribution is -2.48. The van der Waals surface area contributed by atoms with E-state index in [0.717, 1.165) is 5.69 Å². The number of halogens is 2. The summed E-state index contributed by atoms with van der Waals surface area (Å²) in [5.74, 6) is -0.536. The number of carbonyl (C=O) groups is 2. The third-order valence-corrected chi connectivity index (χ3v) is 6.16. The fourth-order valence-corrected chi connectivity index (χ4v) is 4.22. The molecule has 1 aliphatic heterocycles. The number of benzene rings is 1. The maximum absolute atomic E-state index is 14.2. The molecule has 1 aliphatic rings. The number of amides is 1. The van der Waals surface area contributed by atoms with Gasteiger partial charge >= 0.3 is 0 Å². The van der Waals surface area contributed by atoms with E-state index in [-0.39, 0.29) is 22.3 Å². The van der Waals surface area contributed by atoms with Crippen LogP contribution in [0.25, 0.3) is 0 Å². The van der Waals surface area contributed by atoms with Crippen LogP contribution in [-0.4, -0.2) is 57.6 Å². The summed E-state index contributed by atoms with van der Waals surface area (Å²) in [4.78, 5) is 37.3. The van der Waals surface area contributed by atoms with Gasteiger partial charge in [-0.25, -0.2) is 14.4 Å². The molecule has 7 nitrogen and oxygen atoms in total. The number of piperazine rings is 1. The van der Waals surface area contributed by atoms with Crippen LogP contribution in [-0.2, 0) is 6.54 Å². The molecule has 1 aromatic carbocycles. The van der Waals surface area contributed by atoms with Crippen molar-refractivity contribution in [3.8, 4) is 0 Å². The summed E-state index contributed by atoms with van der Waals surface area (Å²) in [6.45, 7) is 4.18. The van der Waals surface area contributed by atoms with Crippen LogP contribution in [0.5, 0.6) is 0 Å². The molecule has 2 aromatic heterocycles. The summed E-state index contributed by atoms with van der Waals surface area (Å²) in [7, 11) is 0. The van der Waals surface area contributed by atoms with Gasteiger partial charge in [-0.15, -0.1) is 11.3 Å². The first-order chi connectivity index (χ1) is 15.4. The number of rotatable bonds is 6. The topological polar surface area (TPSA) is 78.4 Å². The van der Waals surface area contributed by atoms with Crippen molar-refractivity contribution in [3.05, 3.63) is 69.6 Å². The third-order valence-electron chi connectivity index (χ3n) is 5.18. The summed E-state index contributed by atoms with van der Waals surface area (Å²) < 4.78 is 14.2. The van der Waals surface area contributed by atoms with Crippen LogP contribution in [0.4, 0.5) is 15.3 Å². The lowest BCUT2D eigenvalue weighted by atomic mass is 10.1. The van der Waals surface area contributed by atoms with E-state index < -0.39 is 5.82 Å². The zero-order valence-electron chi connectivity index (χ0n) is 17.3. The average Bonchev–Trinajstić information content (AvgIpc) is 3.28. The number of hydrogen-bond acceptors (Lipinski definition) is 7. The molecule has 3 heterocycles. The smallest absolute Gasteiger partial charge is 0.256 e. The summed E-state index contributed by atoms with van der Waals surface area (Å²) >= 11 is 7.26. The van der Waals surface area contributed by atoms with Gasteiger partial charge < -0.3 is 10.2 Å². The molecule has 10 heteroatoms. The van der Waals surface area contributed by atoms with Crippen molar-refractivity contribution in [1.29, 1.82) is 0 Å². The van der Waals surface area contributed by atoms with Crippen LogP contribution >= 0.6 is 22.9 Å². The highest BCUT2D eigenvalue weighted by Crippen LogP contribution is 2.22. The molecule has 1 fully saturated rings. The van der Waals surface area contributed by atoms with Gasteiger partial charge in [-0.2, -0.15) is 0 Å². The van der Waals surface area contributed by atoms with Crippen LogP contribution in [0, 0.1) is 5.82 Å². The molecule has 1 N–H and O–H groups in total. The monoisotopic (exact) mass is 473 g/mol. The van der Waals surface area contributed by atoms with Crippen molar-refractivity contribution in [2.45, 2.75) is 13.5 Å². The fraction of sp³-hybridized carbons (Fsp3) is 0.273. The van der Waals surface area contributed by atoms with E-state index in [1.165, 1.54) is 30.4 Å². The average molecular weight is 474 g/mol. The summed E-state index contributed by atoms with van der Waals surface area (Å²) in [6, 6.07) is 7.94. The molecule has 0 aliphatic carbocycles. The lowest BCUT2D eigenvalue weighted by molar-refractivity contribution is 0.0622. The fourth-order valence-electron chi connectivity index (χ4n) is 3.51. The summed E-state index contributed by atoms with van der Waals surface area (Å²) in [5.41, 5.74) is 1.30. The highest BCUT2D eigenvalue weighted by Gasteiger charge is 2.25. The molecule has 3 aromatic rings. The molecule has 0 saturated carbocycles. The first-order valence-electron chi connectivity index (χ1n) is 10.0. The zero-order valence-corrected chi connectivity index (χ0v) is 18.9. The van der Waals surface area contributed by atoms with Crippen LogP contribution < -0.4 is 5.32 Å².